The van der Waals surface area contributed by atoms with Gasteiger partial charge in [-0.05, 0) is 31.4 Å². The molecular formula is C15H20N2O3. The maximum Gasteiger partial charge on any atom is 0.248 e. The fraction of sp³-hybridized carbons (Fsp3) is 0.467. The molecule has 0 fully saturated rings. The molecule has 0 aliphatic carbocycles. The van der Waals surface area contributed by atoms with Gasteiger partial charge in [-0.2, -0.15) is 0 Å². The lowest BCUT2D eigenvalue weighted by atomic mass is 10.2. The first kappa shape index (κ1) is 14.5. The first-order valence-corrected chi connectivity index (χ1v) is 6.93. The Labute approximate surface area is 118 Å². The van der Waals surface area contributed by atoms with Crippen LogP contribution in [0.3, 0.4) is 0 Å². The Bertz CT molecular complexity index is 500. The van der Waals surface area contributed by atoms with Gasteiger partial charge in [0.2, 0.25) is 11.8 Å². The molecule has 1 unspecified atom stereocenters. The molecule has 2 rings (SSSR count). The number of aliphatic hydroxyl groups excluding tert-OH is 1. The van der Waals surface area contributed by atoms with E-state index in [4.69, 9.17) is 5.11 Å². The molecule has 1 aromatic rings. The summed E-state index contributed by atoms with van der Waals surface area (Å²) in [5, 5.41) is 11.6. The molecule has 0 saturated heterocycles. The van der Waals surface area contributed by atoms with Crippen LogP contribution in [0.15, 0.2) is 24.3 Å². The van der Waals surface area contributed by atoms with Gasteiger partial charge in [-0.3, -0.25) is 9.59 Å². The molecule has 1 aliphatic rings. The van der Waals surface area contributed by atoms with E-state index in [1.54, 1.807) is 0 Å². The third kappa shape index (κ3) is 3.36. The van der Waals surface area contributed by atoms with E-state index in [0.29, 0.717) is 19.4 Å². The Morgan fingerprint density at radius 2 is 2.15 bits per heavy atom. The van der Waals surface area contributed by atoms with Crippen molar-refractivity contribution in [3.63, 3.8) is 0 Å². The standard InChI is InChI=1S/C15H20N2O3/c1-11(18)15(20)16-9-4-7-14(19)17-10-8-12-5-2-3-6-13(12)17/h2-3,5-6,11,18H,4,7-10H2,1H3,(H,16,20). The molecule has 2 N–H and O–H groups in total. The summed E-state index contributed by atoms with van der Waals surface area (Å²) in [6.07, 6.45) is 0.876. The second-order valence-electron chi connectivity index (χ2n) is 4.99. The maximum atomic E-state index is 12.2. The third-order valence-corrected chi connectivity index (χ3v) is 3.43. The van der Waals surface area contributed by atoms with E-state index < -0.39 is 12.0 Å². The van der Waals surface area contributed by atoms with Gasteiger partial charge < -0.3 is 15.3 Å². The zero-order chi connectivity index (χ0) is 14.5. The monoisotopic (exact) mass is 276 g/mol. The summed E-state index contributed by atoms with van der Waals surface area (Å²) in [6, 6.07) is 7.94. The molecule has 1 aromatic carbocycles. The molecule has 5 heteroatoms. The normalized spacial score (nSPS) is 14.8. The van der Waals surface area contributed by atoms with Gasteiger partial charge in [0.25, 0.3) is 0 Å². The smallest absolute Gasteiger partial charge is 0.248 e. The van der Waals surface area contributed by atoms with Crippen molar-refractivity contribution in [2.75, 3.05) is 18.0 Å². The summed E-state index contributed by atoms with van der Waals surface area (Å²) in [7, 11) is 0. The number of amides is 2. The molecule has 0 aromatic heterocycles. The van der Waals surface area contributed by atoms with Gasteiger partial charge in [0.1, 0.15) is 6.10 Å². The zero-order valence-electron chi connectivity index (χ0n) is 11.6. The van der Waals surface area contributed by atoms with E-state index in [9.17, 15) is 9.59 Å². The molecule has 108 valence electrons. The first-order chi connectivity index (χ1) is 9.59. The predicted octanol–water partition coefficient (Wildman–Crippen LogP) is 0.853. The van der Waals surface area contributed by atoms with Crippen LogP contribution in [0.5, 0.6) is 0 Å². The zero-order valence-corrected chi connectivity index (χ0v) is 11.6. The average molecular weight is 276 g/mol. The van der Waals surface area contributed by atoms with E-state index in [0.717, 1.165) is 18.7 Å². The topological polar surface area (TPSA) is 69.6 Å². The van der Waals surface area contributed by atoms with Crippen LogP contribution in [-0.4, -0.2) is 36.1 Å². The minimum atomic E-state index is -1.00. The van der Waals surface area contributed by atoms with Crippen LogP contribution < -0.4 is 10.2 Å². The number of fused-ring (bicyclic) bond motifs is 1. The number of benzene rings is 1. The summed E-state index contributed by atoms with van der Waals surface area (Å²) < 4.78 is 0. The van der Waals surface area contributed by atoms with E-state index in [2.05, 4.69) is 5.32 Å². The molecule has 5 nitrogen and oxygen atoms in total. The van der Waals surface area contributed by atoms with Gasteiger partial charge in [0.05, 0.1) is 0 Å². The second kappa shape index (κ2) is 6.52. The lowest BCUT2D eigenvalue weighted by Crippen LogP contribution is -2.34. The number of nitrogens with zero attached hydrogens (tertiary/aromatic N) is 1. The quantitative estimate of drug-likeness (QED) is 0.783. The second-order valence-corrected chi connectivity index (χ2v) is 4.99. The van der Waals surface area contributed by atoms with Crippen molar-refractivity contribution in [3.8, 4) is 0 Å². The summed E-state index contributed by atoms with van der Waals surface area (Å²) >= 11 is 0. The van der Waals surface area contributed by atoms with Crippen molar-refractivity contribution in [2.45, 2.75) is 32.3 Å². The van der Waals surface area contributed by atoms with Crippen LogP contribution in [0, 0.1) is 0 Å². The molecule has 1 atom stereocenters. The van der Waals surface area contributed by atoms with E-state index in [1.165, 1.54) is 12.5 Å². The molecule has 2 amide bonds. The minimum absolute atomic E-state index is 0.0845. The van der Waals surface area contributed by atoms with Gasteiger partial charge in [-0.15, -0.1) is 0 Å². The summed E-state index contributed by atoms with van der Waals surface area (Å²) in [6.45, 7) is 2.56. The average Bonchev–Trinajstić information content (AvgIpc) is 2.87. The van der Waals surface area contributed by atoms with Gasteiger partial charge in [-0.25, -0.2) is 0 Å². The third-order valence-electron chi connectivity index (χ3n) is 3.43. The van der Waals surface area contributed by atoms with Crippen LogP contribution in [0.25, 0.3) is 0 Å². The highest BCUT2D eigenvalue weighted by Crippen LogP contribution is 2.27. The molecule has 1 heterocycles. The molecule has 0 bridgehead atoms. The number of carbonyl (C=O) groups excluding carboxylic acids is 2. The SMILES string of the molecule is CC(O)C(=O)NCCCC(=O)N1CCc2ccccc21. The van der Waals surface area contributed by atoms with E-state index in [-0.39, 0.29) is 5.91 Å². The molecule has 20 heavy (non-hydrogen) atoms. The number of hydrogen-bond donors (Lipinski definition) is 2. The number of hydrogen-bond acceptors (Lipinski definition) is 3. The van der Waals surface area contributed by atoms with Crippen molar-refractivity contribution in [1.82, 2.24) is 5.32 Å². The van der Waals surface area contributed by atoms with Crippen LogP contribution in [-0.2, 0) is 16.0 Å². The Morgan fingerprint density at radius 3 is 2.90 bits per heavy atom. The number of para-hydroxylation sites is 1. The number of aliphatic hydroxyl groups is 1. The molecule has 0 saturated carbocycles. The van der Waals surface area contributed by atoms with E-state index in [1.807, 2.05) is 29.2 Å². The van der Waals surface area contributed by atoms with Crippen molar-refractivity contribution in [1.29, 1.82) is 0 Å². The lowest BCUT2D eigenvalue weighted by molar-refractivity contribution is -0.128. The Kier molecular flexibility index (Phi) is 4.74. The predicted molar refractivity (Wildman–Crippen MR) is 76.4 cm³/mol. The van der Waals surface area contributed by atoms with Crippen molar-refractivity contribution >= 4 is 17.5 Å². The molecule has 0 spiro atoms. The number of carbonyl (C=O) groups is 2. The molecule has 1 aliphatic heterocycles. The molecular weight excluding hydrogens is 256 g/mol. The number of anilines is 1. The van der Waals surface area contributed by atoms with Gasteiger partial charge in [0.15, 0.2) is 0 Å². The largest absolute Gasteiger partial charge is 0.384 e. The van der Waals surface area contributed by atoms with Crippen molar-refractivity contribution in [3.05, 3.63) is 29.8 Å². The highest BCUT2D eigenvalue weighted by molar-refractivity contribution is 5.95. The summed E-state index contributed by atoms with van der Waals surface area (Å²) in [5.74, 6) is -0.315. The van der Waals surface area contributed by atoms with Crippen LogP contribution in [0.4, 0.5) is 5.69 Å². The summed E-state index contributed by atoms with van der Waals surface area (Å²) in [5.41, 5.74) is 2.22. The number of nitrogens with one attached hydrogen (secondary N) is 1. The van der Waals surface area contributed by atoms with Gasteiger partial charge in [0, 0.05) is 25.2 Å². The lowest BCUT2D eigenvalue weighted by Gasteiger charge is -2.17. The Hall–Kier alpha value is -1.88. The molecule has 0 radical (unpaired) electrons. The fourth-order valence-electron chi connectivity index (χ4n) is 2.33. The van der Waals surface area contributed by atoms with E-state index >= 15 is 0 Å². The highest BCUT2D eigenvalue weighted by atomic mass is 16.3. The van der Waals surface area contributed by atoms with Crippen LogP contribution in [0.1, 0.15) is 25.3 Å². The Balaban J connectivity index is 1.78. The fourth-order valence-corrected chi connectivity index (χ4v) is 2.33. The minimum Gasteiger partial charge on any atom is -0.384 e. The van der Waals surface area contributed by atoms with Gasteiger partial charge in [-0.1, -0.05) is 18.2 Å². The van der Waals surface area contributed by atoms with Crippen LogP contribution >= 0.6 is 0 Å². The first-order valence-electron chi connectivity index (χ1n) is 6.93. The van der Waals surface area contributed by atoms with Crippen LogP contribution in [0.2, 0.25) is 0 Å². The Morgan fingerprint density at radius 1 is 1.40 bits per heavy atom. The van der Waals surface area contributed by atoms with Crippen molar-refractivity contribution in [2.24, 2.45) is 0 Å². The summed E-state index contributed by atoms with van der Waals surface area (Å²) in [4.78, 5) is 25.1. The van der Waals surface area contributed by atoms with Crippen molar-refractivity contribution < 1.29 is 14.7 Å². The van der Waals surface area contributed by atoms with Gasteiger partial charge >= 0.3 is 0 Å². The number of rotatable bonds is 5. The maximum absolute atomic E-state index is 12.2. The highest BCUT2D eigenvalue weighted by Gasteiger charge is 2.23.